The average molecular weight is 514 g/mol. The molecule has 0 aliphatic carbocycles. The molecule has 9 heteroatoms. The normalized spacial score (nSPS) is 10.7. The van der Waals surface area contributed by atoms with Crippen LogP contribution in [0, 0.1) is 11.5 Å². The summed E-state index contributed by atoms with van der Waals surface area (Å²) in [5.74, 6) is 0. The number of rotatable bonds is 1. The molecule has 0 spiro atoms. The van der Waals surface area contributed by atoms with Gasteiger partial charge in [0.25, 0.3) is 0 Å². The highest BCUT2D eigenvalue weighted by atomic mass is 127. The Morgan fingerprint density at radius 2 is 1.54 bits per heavy atom. The monoisotopic (exact) mass is 514 g/mol. The molecule has 68 valence electrons. The van der Waals surface area contributed by atoms with Crippen molar-refractivity contribution in [2.45, 2.75) is 0 Å². The van der Waals surface area contributed by atoms with Crippen LogP contribution in [0.5, 0.6) is 0 Å². The maximum absolute atomic E-state index is 3.93. The first-order valence-corrected chi connectivity index (χ1v) is 6.26. The SMILES string of the molecule is Ic1nncn1-n1c(I)nnc1I. The van der Waals surface area contributed by atoms with Crippen molar-refractivity contribution in [2.75, 3.05) is 0 Å². The smallest absolute Gasteiger partial charge is 0.207 e. The van der Waals surface area contributed by atoms with E-state index in [2.05, 4.69) is 88.2 Å². The molecule has 6 nitrogen and oxygen atoms in total. The van der Waals surface area contributed by atoms with Gasteiger partial charge in [0.1, 0.15) is 6.33 Å². The first kappa shape index (κ1) is 10.0. The van der Waals surface area contributed by atoms with E-state index < -0.39 is 0 Å². The Bertz CT molecular complexity index is 413. The third kappa shape index (κ3) is 1.81. The van der Waals surface area contributed by atoms with E-state index in [1.807, 2.05) is 4.68 Å². The van der Waals surface area contributed by atoms with Gasteiger partial charge in [-0.25, -0.2) is 4.68 Å². The molecule has 2 rings (SSSR count). The van der Waals surface area contributed by atoms with E-state index in [1.165, 1.54) is 0 Å². The van der Waals surface area contributed by atoms with Crippen LogP contribution in [0.15, 0.2) is 6.33 Å². The molecule has 13 heavy (non-hydrogen) atoms. The second kappa shape index (κ2) is 3.92. The number of aromatic nitrogens is 6. The van der Waals surface area contributed by atoms with Crippen LogP contribution in [0.3, 0.4) is 0 Å². The van der Waals surface area contributed by atoms with Crippen LogP contribution in [-0.2, 0) is 0 Å². The Morgan fingerprint density at radius 3 is 2.00 bits per heavy atom. The molecule has 0 saturated heterocycles. The Balaban J connectivity index is 2.64. The lowest BCUT2D eigenvalue weighted by molar-refractivity contribution is 0.603. The van der Waals surface area contributed by atoms with Gasteiger partial charge < -0.3 is 0 Å². The molecule has 0 aromatic carbocycles. The fourth-order valence-electron chi connectivity index (χ4n) is 0.771. The summed E-state index contributed by atoms with van der Waals surface area (Å²) >= 11 is 6.30. The third-order valence-corrected chi connectivity index (χ3v) is 3.33. The van der Waals surface area contributed by atoms with Crippen molar-refractivity contribution in [3.8, 4) is 0 Å². The number of hydrogen-bond acceptors (Lipinski definition) is 4. The largest absolute Gasteiger partial charge is 0.214 e. The van der Waals surface area contributed by atoms with E-state index in [-0.39, 0.29) is 0 Å². The molecule has 0 N–H and O–H groups in total. The summed E-state index contributed by atoms with van der Waals surface area (Å²) in [6, 6.07) is 0. The van der Waals surface area contributed by atoms with Crippen molar-refractivity contribution >= 4 is 67.8 Å². The Hall–Kier alpha value is 0.470. The average Bonchev–Trinajstić information content (AvgIpc) is 2.60. The summed E-state index contributed by atoms with van der Waals surface area (Å²) in [5, 5.41) is 15.5. The molecule has 2 aromatic heterocycles. The molecule has 0 aliphatic rings. The van der Waals surface area contributed by atoms with E-state index in [0.717, 1.165) is 11.5 Å². The van der Waals surface area contributed by atoms with Crippen LogP contribution in [-0.4, -0.2) is 29.7 Å². The van der Waals surface area contributed by atoms with E-state index >= 15 is 0 Å². The second-order valence-corrected chi connectivity index (χ2v) is 4.89. The van der Waals surface area contributed by atoms with Crippen molar-refractivity contribution in [1.82, 2.24) is 29.7 Å². The van der Waals surface area contributed by atoms with Crippen molar-refractivity contribution in [2.24, 2.45) is 0 Å². The Labute approximate surface area is 114 Å². The maximum atomic E-state index is 3.93. The topological polar surface area (TPSA) is 61.4 Å². The molecule has 2 aromatic rings. The molecule has 0 bridgehead atoms. The summed E-state index contributed by atoms with van der Waals surface area (Å²) < 4.78 is 5.93. The van der Waals surface area contributed by atoms with E-state index in [9.17, 15) is 0 Å². The first-order valence-electron chi connectivity index (χ1n) is 3.02. The summed E-state index contributed by atoms with van der Waals surface area (Å²) in [4.78, 5) is 0. The Morgan fingerprint density at radius 1 is 0.923 bits per heavy atom. The highest BCUT2D eigenvalue weighted by Crippen LogP contribution is 2.10. The van der Waals surface area contributed by atoms with Gasteiger partial charge in [-0.2, -0.15) is 4.68 Å². The van der Waals surface area contributed by atoms with Gasteiger partial charge >= 0.3 is 0 Å². The van der Waals surface area contributed by atoms with Crippen molar-refractivity contribution in [3.05, 3.63) is 17.8 Å². The van der Waals surface area contributed by atoms with Crippen LogP contribution in [0.1, 0.15) is 0 Å². The van der Waals surface area contributed by atoms with Crippen LogP contribution in [0.2, 0.25) is 0 Å². The number of nitrogens with zero attached hydrogens (tertiary/aromatic N) is 6. The fraction of sp³-hybridized carbons (Fsp3) is 0. The van der Waals surface area contributed by atoms with E-state index in [1.54, 1.807) is 11.0 Å². The van der Waals surface area contributed by atoms with Crippen molar-refractivity contribution in [3.63, 3.8) is 0 Å². The lowest BCUT2D eigenvalue weighted by Gasteiger charge is -2.03. The highest BCUT2D eigenvalue weighted by Gasteiger charge is 2.11. The molecular formula is C4HI3N6. The predicted octanol–water partition coefficient (Wildman–Crippen LogP) is 0.995. The van der Waals surface area contributed by atoms with Crippen LogP contribution in [0.4, 0.5) is 0 Å². The summed E-state index contributed by atoms with van der Waals surface area (Å²) in [6.45, 7) is 0. The van der Waals surface area contributed by atoms with Crippen LogP contribution >= 0.6 is 67.8 Å². The molecule has 0 radical (unpaired) electrons. The van der Waals surface area contributed by atoms with Gasteiger partial charge in [-0.05, 0) is 0 Å². The Kier molecular flexibility index (Phi) is 3.01. The summed E-state index contributed by atoms with van der Waals surface area (Å²) in [6.07, 6.45) is 1.62. The predicted molar refractivity (Wildman–Crippen MR) is 69.0 cm³/mol. The van der Waals surface area contributed by atoms with Gasteiger partial charge in [0.05, 0.1) is 0 Å². The van der Waals surface area contributed by atoms with Crippen molar-refractivity contribution < 1.29 is 0 Å². The van der Waals surface area contributed by atoms with E-state index in [4.69, 9.17) is 0 Å². The van der Waals surface area contributed by atoms with Crippen LogP contribution < -0.4 is 0 Å². The molecular weight excluding hydrogens is 513 g/mol. The lowest BCUT2D eigenvalue weighted by Crippen LogP contribution is -2.13. The molecule has 0 amide bonds. The summed E-state index contributed by atoms with van der Waals surface area (Å²) in [7, 11) is 0. The number of hydrogen-bond donors (Lipinski definition) is 0. The quantitative estimate of drug-likeness (QED) is 0.534. The maximum Gasteiger partial charge on any atom is 0.214 e. The molecule has 0 aliphatic heterocycles. The molecule has 0 atom stereocenters. The third-order valence-electron chi connectivity index (χ3n) is 1.27. The van der Waals surface area contributed by atoms with Gasteiger partial charge in [-0.15, -0.1) is 20.4 Å². The van der Waals surface area contributed by atoms with Gasteiger partial charge in [0.15, 0.2) is 0 Å². The van der Waals surface area contributed by atoms with Gasteiger partial charge in [-0.1, -0.05) is 0 Å². The minimum absolute atomic E-state index is 0.772. The zero-order chi connectivity index (χ0) is 9.42. The molecule has 0 fully saturated rings. The minimum Gasteiger partial charge on any atom is -0.207 e. The summed E-state index contributed by atoms with van der Waals surface area (Å²) in [5.41, 5.74) is 0. The van der Waals surface area contributed by atoms with Gasteiger partial charge in [0, 0.05) is 67.8 Å². The zero-order valence-electron chi connectivity index (χ0n) is 5.89. The standard InChI is InChI=1S/C4HI3N6/c5-2-9-8-1-12(2)13-3(6)10-11-4(13)7/h1H. The number of halogens is 3. The fourth-order valence-corrected chi connectivity index (χ4v) is 2.84. The minimum atomic E-state index is 0.772. The van der Waals surface area contributed by atoms with Crippen molar-refractivity contribution in [1.29, 1.82) is 0 Å². The highest BCUT2D eigenvalue weighted by molar-refractivity contribution is 14.1. The molecule has 2 heterocycles. The van der Waals surface area contributed by atoms with E-state index in [0.29, 0.717) is 0 Å². The molecule has 0 unspecified atom stereocenters. The van der Waals surface area contributed by atoms with Gasteiger partial charge in [0.2, 0.25) is 11.5 Å². The van der Waals surface area contributed by atoms with Crippen LogP contribution in [0.25, 0.3) is 0 Å². The second-order valence-electron chi connectivity index (χ2n) is 1.99. The molecule has 0 saturated carbocycles. The zero-order valence-corrected chi connectivity index (χ0v) is 12.4. The first-order chi connectivity index (χ1) is 6.20. The van der Waals surface area contributed by atoms with Gasteiger partial charge in [-0.3, -0.25) is 0 Å². The lowest BCUT2D eigenvalue weighted by atomic mass is 11.1.